The Bertz CT molecular complexity index is 360. The molecule has 100 valence electrons. The second kappa shape index (κ2) is 7.15. The monoisotopic (exact) mass is 285 g/mol. The van der Waals surface area contributed by atoms with Crippen LogP contribution in [0.5, 0.6) is 0 Å². The molecule has 0 bridgehead atoms. The van der Waals surface area contributed by atoms with E-state index in [0.717, 1.165) is 18.4 Å². The van der Waals surface area contributed by atoms with Crippen LogP contribution in [0.15, 0.2) is 16.8 Å². The predicted octanol–water partition coefficient (Wildman–Crippen LogP) is 3.69. The quantitative estimate of drug-likeness (QED) is 0.756. The number of rotatable bonds is 5. The van der Waals surface area contributed by atoms with Gasteiger partial charge in [0.25, 0.3) is 0 Å². The van der Waals surface area contributed by atoms with Crippen LogP contribution in [0.25, 0.3) is 0 Å². The van der Waals surface area contributed by atoms with Gasteiger partial charge in [0, 0.05) is 18.5 Å². The smallest absolute Gasteiger partial charge is 0.227 e. The fourth-order valence-corrected chi connectivity index (χ4v) is 3.51. The lowest BCUT2D eigenvalue weighted by molar-refractivity contribution is -0.133. The molecule has 1 saturated carbocycles. The second-order valence-corrected chi connectivity index (χ2v) is 6.03. The van der Waals surface area contributed by atoms with E-state index in [1.54, 1.807) is 11.3 Å². The van der Waals surface area contributed by atoms with Crippen molar-refractivity contribution in [2.24, 2.45) is 0 Å². The molecule has 4 heteroatoms. The van der Waals surface area contributed by atoms with Crippen molar-refractivity contribution in [3.8, 4) is 0 Å². The van der Waals surface area contributed by atoms with Crippen LogP contribution < -0.4 is 0 Å². The zero-order valence-electron chi connectivity index (χ0n) is 10.6. The average Bonchev–Trinajstić information content (AvgIpc) is 2.89. The fourth-order valence-electron chi connectivity index (χ4n) is 2.66. The van der Waals surface area contributed by atoms with Gasteiger partial charge in [0.1, 0.15) is 0 Å². The van der Waals surface area contributed by atoms with Gasteiger partial charge in [-0.25, -0.2) is 0 Å². The molecular formula is C14H20ClNOS. The minimum atomic E-state index is 0.237. The van der Waals surface area contributed by atoms with E-state index >= 15 is 0 Å². The van der Waals surface area contributed by atoms with Gasteiger partial charge in [-0.1, -0.05) is 19.3 Å². The van der Waals surface area contributed by atoms with Gasteiger partial charge >= 0.3 is 0 Å². The maximum absolute atomic E-state index is 12.4. The summed E-state index contributed by atoms with van der Waals surface area (Å²) in [6.07, 6.45) is 6.61. The lowest BCUT2D eigenvalue weighted by atomic mass is 9.94. The molecule has 2 nitrogen and oxygen atoms in total. The Balaban J connectivity index is 1.97. The number of hydrogen-bond donors (Lipinski definition) is 0. The third kappa shape index (κ3) is 3.72. The third-order valence-electron chi connectivity index (χ3n) is 3.60. The van der Waals surface area contributed by atoms with Crippen LogP contribution in [0.1, 0.15) is 37.7 Å². The Morgan fingerprint density at radius 2 is 2.17 bits per heavy atom. The molecule has 1 aliphatic rings. The van der Waals surface area contributed by atoms with Crippen molar-refractivity contribution in [1.82, 2.24) is 4.90 Å². The van der Waals surface area contributed by atoms with Crippen LogP contribution in [0.2, 0.25) is 0 Å². The molecule has 0 aromatic carbocycles. The number of nitrogens with zero attached hydrogens (tertiary/aromatic N) is 1. The van der Waals surface area contributed by atoms with Crippen molar-refractivity contribution >= 4 is 28.8 Å². The third-order valence-corrected chi connectivity index (χ3v) is 4.50. The molecular weight excluding hydrogens is 266 g/mol. The Kier molecular flexibility index (Phi) is 5.51. The fraction of sp³-hybridized carbons (Fsp3) is 0.643. The van der Waals surface area contributed by atoms with E-state index in [1.807, 2.05) is 16.3 Å². The molecule has 1 heterocycles. The van der Waals surface area contributed by atoms with E-state index in [0.29, 0.717) is 24.9 Å². The summed E-state index contributed by atoms with van der Waals surface area (Å²) in [4.78, 5) is 14.4. The second-order valence-electron chi connectivity index (χ2n) is 4.88. The van der Waals surface area contributed by atoms with Gasteiger partial charge in [0.15, 0.2) is 0 Å². The maximum Gasteiger partial charge on any atom is 0.227 e. The lowest BCUT2D eigenvalue weighted by Crippen LogP contribution is -2.43. The van der Waals surface area contributed by atoms with Crippen LogP contribution >= 0.6 is 22.9 Å². The van der Waals surface area contributed by atoms with Gasteiger partial charge in [-0.15, -0.1) is 11.6 Å². The highest BCUT2D eigenvalue weighted by Gasteiger charge is 2.24. The van der Waals surface area contributed by atoms with E-state index in [1.165, 1.54) is 19.3 Å². The predicted molar refractivity (Wildman–Crippen MR) is 77.3 cm³/mol. The highest BCUT2D eigenvalue weighted by atomic mass is 35.5. The normalized spacial score (nSPS) is 16.7. The number of alkyl halides is 1. The number of hydrogen-bond acceptors (Lipinski definition) is 2. The van der Waals surface area contributed by atoms with Gasteiger partial charge in [-0.3, -0.25) is 4.79 Å². The van der Waals surface area contributed by atoms with Crippen LogP contribution in [-0.2, 0) is 11.2 Å². The summed E-state index contributed by atoms with van der Waals surface area (Å²) in [5.74, 6) is 0.771. The van der Waals surface area contributed by atoms with Crippen molar-refractivity contribution in [3.63, 3.8) is 0 Å². The molecule has 18 heavy (non-hydrogen) atoms. The minimum Gasteiger partial charge on any atom is -0.338 e. The van der Waals surface area contributed by atoms with Crippen LogP contribution in [0.4, 0.5) is 0 Å². The summed E-state index contributed by atoms with van der Waals surface area (Å²) in [5, 5.41) is 4.08. The maximum atomic E-state index is 12.4. The Labute approximate surface area is 118 Å². The molecule has 0 aliphatic heterocycles. The van der Waals surface area contributed by atoms with Crippen molar-refractivity contribution in [3.05, 3.63) is 22.4 Å². The van der Waals surface area contributed by atoms with Crippen molar-refractivity contribution in [1.29, 1.82) is 0 Å². The zero-order chi connectivity index (χ0) is 12.8. The van der Waals surface area contributed by atoms with Crippen LogP contribution in [-0.4, -0.2) is 29.3 Å². The minimum absolute atomic E-state index is 0.237. The molecule has 0 atom stereocenters. The topological polar surface area (TPSA) is 20.3 Å². The molecule has 2 rings (SSSR count). The number of halogens is 1. The SMILES string of the molecule is O=C(Cc1ccsc1)N(CCCl)C1CCCCC1. The summed E-state index contributed by atoms with van der Waals surface area (Å²) in [6, 6.07) is 2.45. The van der Waals surface area contributed by atoms with Gasteiger partial charge in [0.05, 0.1) is 6.42 Å². The van der Waals surface area contributed by atoms with Gasteiger partial charge in [-0.05, 0) is 35.2 Å². The van der Waals surface area contributed by atoms with Gasteiger partial charge in [-0.2, -0.15) is 11.3 Å². The van der Waals surface area contributed by atoms with Crippen molar-refractivity contribution in [2.75, 3.05) is 12.4 Å². The Morgan fingerprint density at radius 1 is 1.39 bits per heavy atom. The van der Waals surface area contributed by atoms with E-state index < -0.39 is 0 Å². The first-order valence-electron chi connectivity index (χ1n) is 6.68. The summed E-state index contributed by atoms with van der Waals surface area (Å²) in [6.45, 7) is 0.690. The standard InChI is InChI=1S/C14H20ClNOS/c15-7-8-16(13-4-2-1-3-5-13)14(17)10-12-6-9-18-11-12/h6,9,11,13H,1-5,7-8,10H2. The highest BCUT2D eigenvalue weighted by molar-refractivity contribution is 7.07. The van der Waals surface area contributed by atoms with Crippen LogP contribution in [0, 0.1) is 0 Å². The first-order valence-corrected chi connectivity index (χ1v) is 8.15. The van der Waals surface area contributed by atoms with Gasteiger partial charge < -0.3 is 4.90 Å². The van der Waals surface area contributed by atoms with E-state index in [2.05, 4.69) is 5.38 Å². The Morgan fingerprint density at radius 3 is 2.78 bits per heavy atom. The van der Waals surface area contributed by atoms with E-state index in [9.17, 15) is 4.79 Å². The molecule has 1 fully saturated rings. The zero-order valence-corrected chi connectivity index (χ0v) is 12.2. The molecule has 0 N–H and O–H groups in total. The summed E-state index contributed by atoms with van der Waals surface area (Å²) < 4.78 is 0. The number of carbonyl (C=O) groups excluding carboxylic acids is 1. The summed E-state index contributed by atoms with van der Waals surface area (Å²) in [5.41, 5.74) is 1.13. The number of thiophene rings is 1. The number of carbonyl (C=O) groups is 1. The average molecular weight is 286 g/mol. The molecule has 1 amide bonds. The first kappa shape index (κ1) is 13.9. The molecule has 1 aliphatic carbocycles. The molecule has 1 aromatic rings. The molecule has 0 radical (unpaired) electrons. The molecule has 0 saturated heterocycles. The summed E-state index contributed by atoms with van der Waals surface area (Å²) >= 11 is 7.50. The first-order chi connectivity index (χ1) is 8.81. The molecule has 0 spiro atoms. The van der Waals surface area contributed by atoms with E-state index in [4.69, 9.17) is 11.6 Å². The Hall–Kier alpha value is -0.540. The largest absolute Gasteiger partial charge is 0.338 e. The van der Waals surface area contributed by atoms with Crippen molar-refractivity contribution in [2.45, 2.75) is 44.6 Å². The van der Waals surface area contributed by atoms with Crippen LogP contribution in [0.3, 0.4) is 0 Å². The number of amides is 1. The van der Waals surface area contributed by atoms with E-state index in [-0.39, 0.29) is 5.91 Å². The summed E-state index contributed by atoms with van der Waals surface area (Å²) in [7, 11) is 0. The van der Waals surface area contributed by atoms with Crippen molar-refractivity contribution < 1.29 is 4.79 Å². The lowest BCUT2D eigenvalue weighted by Gasteiger charge is -2.34. The molecule has 0 unspecified atom stereocenters. The van der Waals surface area contributed by atoms with Gasteiger partial charge in [0.2, 0.25) is 5.91 Å². The molecule has 1 aromatic heterocycles. The highest BCUT2D eigenvalue weighted by Crippen LogP contribution is 2.23.